The molecule has 7 heteroatoms. The Morgan fingerprint density at radius 3 is 2.48 bits per heavy atom. The van der Waals surface area contributed by atoms with E-state index in [1.54, 1.807) is 18.9 Å². The van der Waals surface area contributed by atoms with Gasteiger partial charge in [0.25, 0.3) is 5.91 Å². The largest absolute Gasteiger partial charge is 0.390 e. The van der Waals surface area contributed by atoms with Crippen LogP contribution < -0.4 is 0 Å². The lowest BCUT2D eigenvalue weighted by Crippen LogP contribution is -2.51. The Morgan fingerprint density at radius 1 is 1.14 bits per heavy atom. The molecule has 29 heavy (non-hydrogen) atoms. The van der Waals surface area contributed by atoms with E-state index >= 15 is 0 Å². The first kappa shape index (κ1) is 21.7. The Labute approximate surface area is 173 Å². The van der Waals surface area contributed by atoms with Gasteiger partial charge in [-0.25, -0.2) is 0 Å². The van der Waals surface area contributed by atoms with Crippen molar-refractivity contribution in [1.82, 2.24) is 14.7 Å². The highest BCUT2D eigenvalue weighted by molar-refractivity contribution is 5.81. The number of ether oxygens (including phenoxy) is 1. The molecule has 1 aromatic rings. The third kappa shape index (κ3) is 6.01. The molecule has 2 aliphatic heterocycles. The van der Waals surface area contributed by atoms with E-state index in [-0.39, 0.29) is 17.9 Å². The minimum Gasteiger partial charge on any atom is -0.390 e. The van der Waals surface area contributed by atoms with Crippen molar-refractivity contribution in [3.63, 3.8) is 0 Å². The van der Waals surface area contributed by atoms with Crippen LogP contribution in [0.5, 0.6) is 0 Å². The van der Waals surface area contributed by atoms with Crippen molar-refractivity contribution in [1.29, 1.82) is 0 Å². The second-order valence-electron chi connectivity index (χ2n) is 8.14. The number of nitrogens with zero attached hydrogens (tertiary/aromatic N) is 3. The van der Waals surface area contributed by atoms with Crippen molar-refractivity contribution < 1.29 is 19.4 Å². The van der Waals surface area contributed by atoms with E-state index in [1.165, 1.54) is 0 Å². The van der Waals surface area contributed by atoms with Gasteiger partial charge in [0.15, 0.2) is 6.10 Å². The van der Waals surface area contributed by atoms with Crippen LogP contribution in [0.1, 0.15) is 31.7 Å². The maximum atomic E-state index is 12.9. The number of aliphatic hydroxyl groups is 1. The van der Waals surface area contributed by atoms with Crippen LogP contribution in [0.2, 0.25) is 0 Å². The molecule has 1 aromatic carbocycles. The van der Waals surface area contributed by atoms with E-state index in [2.05, 4.69) is 4.90 Å². The summed E-state index contributed by atoms with van der Waals surface area (Å²) in [5, 5.41) is 10.3. The number of likely N-dealkylation sites (N-methyl/N-ethyl adjacent to an activating group) is 1. The summed E-state index contributed by atoms with van der Waals surface area (Å²) in [5.74, 6) is -0.0312. The fourth-order valence-electron chi connectivity index (χ4n) is 4.07. The van der Waals surface area contributed by atoms with Gasteiger partial charge in [0.2, 0.25) is 5.91 Å². The Balaban J connectivity index is 1.47. The van der Waals surface area contributed by atoms with Crippen molar-refractivity contribution >= 4 is 11.8 Å². The quantitative estimate of drug-likeness (QED) is 0.770. The molecular formula is C22H33N3O4. The molecule has 0 radical (unpaired) electrons. The van der Waals surface area contributed by atoms with Gasteiger partial charge in [0.1, 0.15) is 0 Å². The first-order chi connectivity index (χ1) is 13.9. The summed E-state index contributed by atoms with van der Waals surface area (Å²) in [6.07, 6.45) is 0.606. The Kier molecular flexibility index (Phi) is 7.64. The van der Waals surface area contributed by atoms with E-state index in [9.17, 15) is 14.7 Å². The molecule has 2 aliphatic rings. The van der Waals surface area contributed by atoms with Gasteiger partial charge in [-0.1, -0.05) is 30.3 Å². The predicted molar refractivity (Wildman–Crippen MR) is 110 cm³/mol. The molecule has 3 rings (SSSR count). The monoisotopic (exact) mass is 403 g/mol. The van der Waals surface area contributed by atoms with Crippen LogP contribution in [0.4, 0.5) is 0 Å². The molecule has 2 heterocycles. The molecule has 0 aromatic heterocycles. The highest BCUT2D eigenvalue weighted by Crippen LogP contribution is 2.24. The van der Waals surface area contributed by atoms with Gasteiger partial charge in [-0.15, -0.1) is 0 Å². The number of rotatable bonds is 6. The zero-order chi connectivity index (χ0) is 20.8. The smallest absolute Gasteiger partial charge is 0.254 e. The maximum Gasteiger partial charge on any atom is 0.254 e. The van der Waals surface area contributed by atoms with Gasteiger partial charge in [0.05, 0.1) is 12.2 Å². The third-order valence-electron chi connectivity index (χ3n) is 5.94. The molecule has 3 atom stereocenters. The molecular weight excluding hydrogens is 370 g/mol. The molecule has 0 spiro atoms. The van der Waals surface area contributed by atoms with E-state index in [1.807, 2.05) is 35.2 Å². The lowest BCUT2D eigenvalue weighted by molar-refractivity contribution is -0.168. The number of piperazine rings is 1. The zero-order valence-corrected chi connectivity index (χ0v) is 17.5. The van der Waals surface area contributed by atoms with Crippen molar-refractivity contribution in [2.24, 2.45) is 0 Å². The van der Waals surface area contributed by atoms with Crippen LogP contribution in [0.3, 0.4) is 0 Å². The Hall–Kier alpha value is -1.96. The topological polar surface area (TPSA) is 73.3 Å². The first-order valence-corrected chi connectivity index (χ1v) is 10.5. The number of benzene rings is 1. The molecule has 1 N–H and O–H groups in total. The van der Waals surface area contributed by atoms with Crippen molar-refractivity contribution in [3.8, 4) is 0 Å². The van der Waals surface area contributed by atoms with Crippen LogP contribution in [-0.4, -0.2) is 89.7 Å². The number of hydrogen-bond donors (Lipinski definition) is 1. The summed E-state index contributed by atoms with van der Waals surface area (Å²) < 4.78 is 6.04. The average Bonchev–Trinajstić information content (AvgIpc) is 2.73. The minimum atomic E-state index is -0.794. The van der Waals surface area contributed by atoms with Crippen LogP contribution in [0, 0.1) is 0 Å². The molecule has 7 nitrogen and oxygen atoms in total. The van der Waals surface area contributed by atoms with E-state index < -0.39 is 12.2 Å². The summed E-state index contributed by atoms with van der Waals surface area (Å²) in [7, 11) is 1.75. The fourth-order valence-corrected chi connectivity index (χ4v) is 4.07. The van der Waals surface area contributed by atoms with Gasteiger partial charge < -0.3 is 19.6 Å². The number of hydrogen-bond acceptors (Lipinski definition) is 5. The lowest BCUT2D eigenvalue weighted by Gasteiger charge is -2.37. The molecule has 0 bridgehead atoms. The Morgan fingerprint density at radius 2 is 1.83 bits per heavy atom. The van der Waals surface area contributed by atoms with Gasteiger partial charge in [-0.3, -0.25) is 14.5 Å². The second-order valence-corrected chi connectivity index (χ2v) is 8.14. The second kappa shape index (κ2) is 10.2. The summed E-state index contributed by atoms with van der Waals surface area (Å²) in [6, 6.07) is 9.81. The lowest BCUT2D eigenvalue weighted by atomic mass is 9.98. The average molecular weight is 404 g/mol. The fraction of sp³-hybridized carbons (Fsp3) is 0.636. The van der Waals surface area contributed by atoms with Crippen molar-refractivity contribution in [2.75, 3.05) is 39.8 Å². The van der Waals surface area contributed by atoms with Crippen LogP contribution >= 0.6 is 0 Å². The Bertz CT molecular complexity index is 676. The minimum absolute atomic E-state index is 0.0247. The van der Waals surface area contributed by atoms with Gasteiger partial charge in [0, 0.05) is 53.2 Å². The molecule has 2 fully saturated rings. The maximum absolute atomic E-state index is 12.9. The summed E-state index contributed by atoms with van der Waals surface area (Å²) in [5.41, 5.74) is 1.05. The van der Waals surface area contributed by atoms with Crippen LogP contribution in [-0.2, 0) is 20.9 Å². The first-order valence-electron chi connectivity index (χ1n) is 10.5. The molecule has 0 aliphatic carbocycles. The van der Waals surface area contributed by atoms with Crippen LogP contribution in [0.15, 0.2) is 30.3 Å². The van der Waals surface area contributed by atoms with Crippen LogP contribution in [0.25, 0.3) is 0 Å². The van der Waals surface area contributed by atoms with Gasteiger partial charge >= 0.3 is 0 Å². The number of carbonyl (C=O) groups is 2. The molecule has 2 saturated heterocycles. The summed E-state index contributed by atoms with van der Waals surface area (Å²) >= 11 is 0. The number of amides is 2. The van der Waals surface area contributed by atoms with E-state index in [0.29, 0.717) is 13.0 Å². The number of carbonyl (C=O) groups excluding carboxylic acids is 2. The van der Waals surface area contributed by atoms with Crippen molar-refractivity contribution in [3.05, 3.63) is 35.9 Å². The van der Waals surface area contributed by atoms with Gasteiger partial charge in [-0.2, -0.15) is 0 Å². The van der Waals surface area contributed by atoms with E-state index in [4.69, 9.17) is 4.74 Å². The molecule has 2 amide bonds. The molecule has 0 saturated carbocycles. The summed E-state index contributed by atoms with van der Waals surface area (Å²) in [4.78, 5) is 30.1. The van der Waals surface area contributed by atoms with Gasteiger partial charge in [-0.05, 0) is 24.8 Å². The summed E-state index contributed by atoms with van der Waals surface area (Å²) in [6.45, 7) is 6.28. The highest BCUT2D eigenvalue weighted by atomic mass is 16.5. The molecule has 3 unspecified atom stereocenters. The normalized spacial score (nSPS) is 25.6. The third-order valence-corrected chi connectivity index (χ3v) is 5.94. The predicted octanol–water partition coefficient (Wildman–Crippen LogP) is 1.11. The highest BCUT2D eigenvalue weighted by Gasteiger charge is 2.36. The standard InChI is InChI=1S/C22H33N3O4/c1-17(26)25-14-12-24(13-15-25)11-10-19-8-9-20(27)21(29-19)22(28)23(2)16-18-6-4-3-5-7-18/h3-7,19-21,27H,8-16H2,1-2H3. The van der Waals surface area contributed by atoms with Crippen molar-refractivity contribution in [2.45, 2.75) is 51.0 Å². The SMILES string of the molecule is CC(=O)N1CCN(CCC2CCC(O)C(C(=O)N(C)Cc3ccccc3)O2)CC1. The van der Waals surface area contributed by atoms with E-state index in [0.717, 1.165) is 51.1 Å². The molecule has 160 valence electrons. The zero-order valence-electron chi connectivity index (χ0n) is 17.5. The number of aliphatic hydroxyl groups excluding tert-OH is 1.